The second-order valence-electron chi connectivity index (χ2n) is 3.66. The summed E-state index contributed by atoms with van der Waals surface area (Å²) in [5.74, 6) is -0.284. The van der Waals surface area contributed by atoms with Crippen molar-refractivity contribution in [3.63, 3.8) is 0 Å². The van der Waals surface area contributed by atoms with Crippen molar-refractivity contribution < 1.29 is 9.53 Å². The van der Waals surface area contributed by atoms with E-state index in [1.165, 1.54) is 6.92 Å². The largest absolute Gasteiger partial charge is 0.464 e. The Morgan fingerprint density at radius 1 is 1.47 bits per heavy atom. The summed E-state index contributed by atoms with van der Waals surface area (Å²) < 4.78 is 4.81. The van der Waals surface area contributed by atoms with Gasteiger partial charge < -0.3 is 10.5 Å². The third-order valence-corrected chi connectivity index (χ3v) is 1.84. The fraction of sp³-hybridized carbons (Fsp3) is 0.357. The van der Waals surface area contributed by atoms with Gasteiger partial charge in [0, 0.05) is 13.0 Å². The zero-order chi connectivity index (χ0) is 13.1. The minimum atomic E-state index is -0.284. The van der Waals surface area contributed by atoms with E-state index < -0.39 is 0 Å². The molecule has 0 fully saturated rings. The maximum Gasteiger partial charge on any atom is 0.302 e. The van der Waals surface area contributed by atoms with Crippen LogP contribution in [0.15, 0.2) is 43.0 Å². The first-order chi connectivity index (χ1) is 8.10. The predicted molar refractivity (Wildman–Crippen MR) is 70.6 cm³/mol. The summed E-state index contributed by atoms with van der Waals surface area (Å²) in [7, 11) is 0. The van der Waals surface area contributed by atoms with Gasteiger partial charge in [0.1, 0.15) is 6.61 Å². The Morgan fingerprint density at radius 3 is 2.47 bits per heavy atom. The number of benzene rings is 1. The van der Waals surface area contributed by atoms with Gasteiger partial charge in [0.05, 0.1) is 0 Å². The molecule has 3 heteroatoms. The topological polar surface area (TPSA) is 52.3 Å². The Kier molecular flexibility index (Phi) is 8.69. The fourth-order valence-electron chi connectivity index (χ4n) is 1.20. The van der Waals surface area contributed by atoms with Gasteiger partial charge in [-0.1, -0.05) is 36.4 Å². The zero-order valence-electron chi connectivity index (χ0n) is 10.6. The summed E-state index contributed by atoms with van der Waals surface area (Å²) in [6, 6.07) is 9.78. The van der Waals surface area contributed by atoms with Crippen LogP contribution in [0.1, 0.15) is 19.4 Å². The standard InChI is InChI=1S/C11H15NO2.C3H6/c1-9(13)14-8-11(12)7-10-5-3-2-4-6-10;1-3-2/h2-6,11H,7-8,12H2,1H3;3H,1H2,2H3/t11-;/m1./s1. The number of hydrogen-bond acceptors (Lipinski definition) is 3. The van der Waals surface area contributed by atoms with E-state index in [2.05, 4.69) is 6.58 Å². The molecule has 0 heterocycles. The van der Waals surface area contributed by atoms with Crippen LogP contribution in [0.5, 0.6) is 0 Å². The van der Waals surface area contributed by atoms with Crippen molar-refractivity contribution in [2.45, 2.75) is 26.3 Å². The Balaban J connectivity index is 0.000000770. The third-order valence-electron chi connectivity index (χ3n) is 1.84. The molecule has 0 saturated heterocycles. The highest BCUT2D eigenvalue weighted by Gasteiger charge is 2.05. The quantitative estimate of drug-likeness (QED) is 0.643. The highest BCUT2D eigenvalue weighted by Crippen LogP contribution is 2.01. The average Bonchev–Trinajstić information content (AvgIpc) is 2.29. The summed E-state index contributed by atoms with van der Waals surface area (Å²) in [5, 5.41) is 0. The zero-order valence-corrected chi connectivity index (χ0v) is 10.6. The third kappa shape index (κ3) is 9.33. The van der Waals surface area contributed by atoms with Crippen molar-refractivity contribution in [1.29, 1.82) is 0 Å². The molecular weight excluding hydrogens is 214 g/mol. The number of allylic oxidation sites excluding steroid dienone is 1. The molecule has 1 rings (SSSR count). The van der Waals surface area contributed by atoms with E-state index in [9.17, 15) is 4.79 Å². The Hall–Kier alpha value is -1.61. The van der Waals surface area contributed by atoms with Crippen LogP contribution in [0, 0.1) is 0 Å². The van der Waals surface area contributed by atoms with Crippen LogP contribution < -0.4 is 5.73 Å². The van der Waals surface area contributed by atoms with Crippen LogP contribution in [0.3, 0.4) is 0 Å². The van der Waals surface area contributed by atoms with Gasteiger partial charge in [-0.2, -0.15) is 0 Å². The number of carbonyl (C=O) groups excluding carboxylic acids is 1. The van der Waals surface area contributed by atoms with Crippen LogP contribution >= 0.6 is 0 Å². The van der Waals surface area contributed by atoms with Gasteiger partial charge >= 0.3 is 5.97 Å². The minimum Gasteiger partial charge on any atom is -0.464 e. The van der Waals surface area contributed by atoms with Crippen LogP contribution in [0.25, 0.3) is 0 Å². The SMILES string of the molecule is C=CC.CC(=O)OC[C@H](N)Cc1ccccc1. The second-order valence-corrected chi connectivity index (χ2v) is 3.66. The van der Waals surface area contributed by atoms with E-state index in [1.54, 1.807) is 6.08 Å². The lowest BCUT2D eigenvalue weighted by molar-refractivity contribution is -0.141. The van der Waals surface area contributed by atoms with Crippen LogP contribution in [0.4, 0.5) is 0 Å². The van der Waals surface area contributed by atoms with Crippen molar-refractivity contribution in [3.8, 4) is 0 Å². The monoisotopic (exact) mass is 235 g/mol. The first-order valence-corrected chi connectivity index (χ1v) is 5.60. The second kappa shape index (κ2) is 9.60. The Labute approximate surface area is 103 Å². The van der Waals surface area contributed by atoms with Crippen molar-refractivity contribution >= 4 is 5.97 Å². The number of hydrogen-bond donors (Lipinski definition) is 1. The van der Waals surface area contributed by atoms with Crippen LogP contribution in [-0.2, 0) is 16.0 Å². The molecule has 0 aliphatic carbocycles. The number of ether oxygens (including phenoxy) is 1. The molecule has 0 radical (unpaired) electrons. The van der Waals surface area contributed by atoms with E-state index in [0.717, 1.165) is 12.0 Å². The smallest absolute Gasteiger partial charge is 0.302 e. The van der Waals surface area contributed by atoms with Crippen molar-refractivity contribution in [3.05, 3.63) is 48.6 Å². The Bertz CT molecular complexity index is 322. The fourth-order valence-corrected chi connectivity index (χ4v) is 1.20. The first kappa shape index (κ1) is 15.4. The van der Waals surface area contributed by atoms with Crippen molar-refractivity contribution in [2.75, 3.05) is 6.61 Å². The summed E-state index contributed by atoms with van der Waals surface area (Å²) in [6.45, 7) is 6.92. The molecule has 0 saturated carbocycles. The van der Waals surface area contributed by atoms with E-state index in [0.29, 0.717) is 0 Å². The minimum absolute atomic E-state index is 0.124. The normalized spacial score (nSPS) is 10.8. The lowest BCUT2D eigenvalue weighted by atomic mass is 10.1. The van der Waals surface area contributed by atoms with Gasteiger partial charge in [-0.05, 0) is 18.9 Å². The van der Waals surface area contributed by atoms with Crippen LogP contribution in [0.2, 0.25) is 0 Å². The molecule has 1 aromatic carbocycles. The maximum atomic E-state index is 10.5. The van der Waals surface area contributed by atoms with Gasteiger partial charge in [-0.25, -0.2) is 0 Å². The van der Waals surface area contributed by atoms with Gasteiger partial charge in [-0.15, -0.1) is 6.58 Å². The molecule has 94 valence electrons. The summed E-state index contributed by atoms with van der Waals surface area (Å²) in [4.78, 5) is 10.5. The average molecular weight is 235 g/mol. The van der Waals surface area contributed by atoms with Gasteiger partial charge in [0.2, 0.25) is 0 Å². The number of rotatable bonds is 4. The molecule has 0 aliphatic rings. The van der Waals surface area contributed by atoms with Crippen LogP contribution in [-0.4, -0.2) is 18.6 Å². The molecule has 0 unspecified atom stereocenters. The number of esters is 1. The van der Waals surface area contributed by atoms with E-state index in [-0.39, 0.29) is 18.6 Å². The molecular formula is C14H21NO2. The van der Waals surface area contributed by atoms with Gasteiger partial charge in [0.15, 0.2) is 0 Å². The number of carbonyl (C=O) groups is 1. The molecule has 0 spiro atoms. The molecule has 0 aromatic heterocycles. The summed E-state index contributed by atoms with van der Waals surface area (Å²) >= 11 is 0. The molecule has 0 aliphatic heterocycles. The maximum absolute atomic E-state index is 10.5. The lowest BCUT2D eigenvalue weighted by Crippen LogP contribution is -2.29. The summed E-state index contributed by atoms with van der Waals surface area (Å²) in [5.41, 5.74) is 6.94. The van der Waals surface area contributed by atoms with Gasteiger partial charge in [-0.3, -0.25) is 4.79 Å². The molecule has 0 amide bonds. The first-order valence-electron chi connectivity index (χ1n) is 5.60. The highest BCUT2D eigenvalue weighted by atomic mass is 16.5. The molecule has 1 atom stereocenters. The predicted octanol–water partition coefficient (Wildman–Crippen LogP) is 2.31. The van der Waals surface area contributed by atoms with E-state index in [4.69, 9.17) is 10.5 Å². The lowest BCUT2D eigenvalue weighted by Gasteiger charge is -2.10. The molecule has 3 nitrogen and oxygen atoms in total. The summed E-state index contributed by atoms with van der Waals surface area (Å²) in [6.07, 6.45) is 2.48. The van der Waals surface area contributed by atoms with Gasteiger partial charge in [0.25, 0.3) is 0 Å². The van der Waals surface area contributed by atoms with E-state index >= 15 is 0 Å². The Morgan fingerprint density at radius 2 is 2.00 bits per heavy atom. The van der Waals surface area contributed by atoms with Crippen molar-refractivity contribution in [1.82, 2.24) is 0 Å². The molecule has 2 N–H and O–H groups in total. The highest BCUT2D eigenvalue weighted by molar-refractivity contribution is 5.65. The van der Waals surface area contributed by atoms with Crippen molar-refractivity contribution in [2.24, 2.45) is 5.73 Å². The molecule has 0 bridgehead atoms. The molecule has 17 heavy (non-hydrogen) atoms. The van der Waals surface area contributed by atoms with E-state index in [1.807, 2.05) is 37.3 Å². The number of nitrogens with two attached hydrogens (primary N) is 1. The molecule has 1 aromatic rings.